The number of hydrogen-bond donors (Lipinski definition) is 2. The Balaban J connectivity index is 0.00000128. The summed E-state index contributed by atoms with van der Waals surface area (Å²) in [4.78, 5) is 0. The lowest BCUT2D eigenvalue weighted by molar-refractivity contribution is 0.462. The third-order valence-electron chi connectivity index (χ3n) is 2.23. The zero-order valence-corrected chi connectivity index (χ0v) is 9.89. The maximum atomic E-state index is 13.0. The second kappa shape index (κ2) is 5.30. The first-order valence-corrected chi connectivity index (χ1v) is 5.39. The molecule has 0 spiro atoms. The van der Waals surface area contributed by atoms with E-state index in [0.717, 1.165) is 5.56 Å². The zero-order valence-electron chi connectivity index (χ0n) is 8.26. The molecule has 1 heterocycles. The molecule has 86 valence electrons. The molecular formula is C11H11ClFNOS. The number of nitrogens with two attached hydrogens (primary N) is 1. The van der Waals surface area contributed by atoms with E-state index in [9.17, 15) is 9.50 Å². The summed E-state index contributed by atoms with van der Waals surface area (Å²) >= 11 is 1.52. The molecule has 1 atom stereocenters. The minimum atomic E-state index is -0.480. The van der Waals surface area contributed by atoms with Crippen LogP contribution in [0.3, 0.4) is 0 Å². The Hall–Kier alpha value is -1.10. The fourth-order valence-electron chi connectivity index (χ4n) is 1.41. The molecule has 0 saturated heterocycles. The van der Waals surface area contributed by atoms with Crippen molar-refractivity contribution in [3.8, 4) is 5.75 Å². The lowest BCUT2D eigenvalue weighted by Crippen LogP contribution is -2.11. The van der Waals surface area contributed by atoms with Crippen molar-refractivity contribution in [2.75, 3.05) is 0 Å². The smallest absolute Gasteiger partial charge is 0.123 e. The Kier molecular flexibility index (Phi) is 4.29. The first-order chi connectivity index (χ1) is 7.18. The molecule has 5 heteroatoms. The highest BCUT2D eigenvalue weighted by atomic mass is 35.5. The molecule has 0 radical (unpaired) electrons. The largest absolute Gasteiger partial charge is 0.508 e. The van der Waals surface area contributed by atoms with Crippen molar-refractivity contribution in [2.45, 2.75) is 6.04 Å². The average Bonchev–Trinajstić information content (AvgIpc) is 2.74. The average molecular weight is 260 g/mol. The van der Waals surface area contributed by atoms with Gasteiger partial charge in [0.25, 0.3) is 0 Å². The number of rotatable bonds is 2. The summed E-state index contributed by atoms with van der Waals surface area (Å²) in [6, 6.07) is 5.17. The minimum Gasteiger partial charge on any atom is -0.508 e. The van der Waals surface area contributed by atoms with Crippen molar-refractivity contribution in [3.63, 3.8) is 0 Å². The summed E-state index contributed by atoms with van der Waals surface area (Å²) in [5.41, 5.74) is 7.20. The molecule has 2 rings (SSSR count). The van der Waals surface area contributed by atoms with Crippen LogP contribution in [-0.2, 0) is 0 Å². The van der Waals surface area contributed by atoms with Gasteiger partial charge in [0.15, 0.2) is 0 Å². The van der Waals surface area contributed by atoms with Crippen LogP contribution in [0.2, 0.25) is 0 Å². The lowest BCUT2D eigenvalue weighted by atomic mass is 10.0. The minimum absolute atomic E-state index is 0. The monoisotopic (exact) mass is 259 g/mol. The third-order valence-corrected chi connectivity index (χ3v) is 2.93. The predicted molar refractivity (Wildman–Crippen MR) is 65.7 cm³/mol. The van der Waals surface area contributed by atoms with Gasteiger partial charge in [0.05, 0.1) is 6.04 Å². The highest BCUT2D eigenvalue weighted by Gasteiger charge is 2.14. The van der Waals surface area contributed by atoms with Gasteiger partial charge in [-0.1, -0.05) is 0 Å². The van der Waals surface area contributed by atoms with Crippen molar-refractivity contribution >= 4 is 23.7 Å². The summed E-state index contributed by atoms with van der Waals surface area (Å²) in [5.74, 6) is -0.372. The Labute approximate surface area is 103 Å². The number of phenols is 1. The molecule has 0 aliphatic carbocycles. The van der Waals surface area contributed by atoms with Crippen LogP contribution in [0.1, 0.15) is 17.2 Å². The van der Waals surface area contributed by atoms with E-state index in [1.807, 2.05) is 16.8 Å². The van der Waals surface area contributed by atoms with E-state index in [2.05, 4.69) is 0 Å². The maximum absolute atomic E-state index is 13.0. The van der Waals surface area contributed by atoms with E-state index in [1.54, 1.807) is 0 Å². The Morgan fingerprint density at radius 3 is 2.69 bits per heavy atom. The van der Waals surface area contributed by atoms with Crippen LogP contribution in [-0.4, -0.2) is 5.11 Å². The quantitative estimate of drug-likeness (QED) is 0.871. The Bertz CT molecular complexity index is 461. The molecule has 1 aromatic heterocycles. The molecular weight excluding hydrogens is 249 g/mol. The molecule has 0 unspecified atom stereocenters. The van der Waals surface area contributed by atoms with Crippen LogP contribution in [0, 0.1) is 5.82 Å². The Morgan fingerprint density at radius 1 is 1.31 bits per heavy atom. The summed E-state index contributed by atoms with van der Waals surface area (Å²) < 4.78 is 13.0. The molecule has 0 saturated carbocycles. The van der Waals surface area contributed by atoms with E-state index in [-0.39, 0.29) is 18.2 Å². The molecule has 0 bridgehead atoms. The summed E-state index contributed by atoms with van der Waals surface area (Å²) in [6.45, 7) is 0. The molecule has 2 nitrogen and oxygen atoms in total. The maximum Gasteiger partial charge on any atom is 0.123 e. The second-order valence-electron chi connectivity index (χ2n) is 3.24. The van der Waals surface area contributed by atoms with E-state index in [1.165, 1.54) is 29.5 Å². The van der Waals surface area contributed by atoms with Crippen molar-refractivity contribution in [1.82, 2.24) is 0 Å². The van der Waals surface area contributed by atoms with Gasteiger partial charge in [-0.3, -0.25) is 0 Å². The van der Waals surface area contributed by atoms with Crippen molar-refractivity contribution < 1.29 is 9.50 Å². The van der Waals surface area contributed by atoms with Gasteiger partial charge in [0.1, 0.15) is 11.6 Å². The van der Waals surface area contributed by atoms with E-state index >= 15 is 0 Å². The van der Waals surface area contributed by atoms with E-state index < -0.39 is 11.9 Å². The highest BCUT2D eigenvalue weighted by molar-refractivity contribution is 7.08. The van der Waals surface area contributed by atoms with Gasteiger partial charge in [-0.25, -0.2) is 4.39 Å². The number of aromatic hydroxyl groups is 1. The van der Waals surface area contributed by atoms with Crippen LogP contribution < -0.4 is 5.73 Å². The normalized spacial score (nSPS) is 11.9. The second-order valence-corrected chi connectivity index (χ2v) is 4.02. The Morgan fingerprint density at radius 2 is 2.06 bits per heavy atom. The number of thiophene rings is 1. The first kappa shape index (κ1) is 13.0. The predicted octanol–water partition coefficient (Wildman–Crippen LogP) is 3.06. The summed E-state index contributed by atoms with van der Waals surface area (Å²) in [7, 11) is 0. The van der Waals surface area contributed by atoms with Crippen LogP contribution in [0.4, 0.5) is 4.39 Å². The molecule has 0 aliphatic rings. The van der Waals surface area contributed by atoms with Gasteiger partial charge >= 0.3 is 0 Å². The fraction of sp³-hybridized carbons (Fsp3) is 0.0909. The molecule has 1 aromatic carbocycles. The standard InChI is InChI=1S/C11H10FNOS.ClH/c12-8-1-2-10(14)9(5-8)11(13)7-3-4-15-6-7;/h1-6,11,14H,13H2;1H/t11-;/m0./s1. The first-order valence-electron chi connectivity index (χ1n) is 4.44. The van der Waals surface area contributed by atoms with Crippen LogP contribution in [0.25, 0.3) is 0 Å². The van der Waals surface area contributed by atoms with E-state index in [0.29, 0.717) is 5.56 Å². The molecule has 0 fully saturated rings. The van der Waals surface area contributed by atoms with E-state index in [4.69, 9.17) is 5.73 Å². The summed E-state index contributed by atoms with van der Waals surface area (Å²) in [5, 5.41) is 13.3. The van der Waals surface area contributed by atoms with Crippen LogP contribution >= 0.6 is 23.7 Å². The van der Waals surface area contributed by atoms with Crippen molar-refractivity contribution in [1.29, 1.82) is 0 Å². The SMILES string of the molecule is Cl.N[C@@H](c1ccsc1)c1cc(F)ccc1O. The van der Waals surface area contributed by atoms with Crippen LogP contribution in [0.15, 0.2) is 35.0 Å². The van der Waals surface area contributed by atoms with Gasteiger partial charge in [-0.15, -0.1) is 12.4 Å². The molecule has 16 heavy (non-hydrogen) atoms. The molecule has 0 amide bonds. The lowest BCUT2D eigenvalue weighted by Gasteiger charge is -2.12. The number of halogens is 2. The molecule has 2 aromatic rings. The van der Waals surface area contributed by atoms with Gasteiger partial charge in [0, 0.05) is 5.56 Å². The third kappa shape index (κ3) is 2.52. The molecule has 3 N–H and O–H groups in total. The van der Waals surface area contributed by atoms with Crippen molar-refractivity contribution in [2.24, 2.45) is 5.73 Å². The summed E-state index contributed by atoms with van der Waals surface area (Å²) in [6.07, 6.45) is 0. The molecule has 0 aliphatic heterocycles. The van der Waals surface area contributed by atoms with Crippen LogP contribution in [0.5, 0.6) is 5.75 Å². The van der Waals surface area contributed by atoms with Gasteiger partial charge in [-0.2, -0.15) is 11.3 Å². The highest BCUT2D eigenvalue weighted by Crippen LogP contribution is 2.28. The topological polar surface area (TPSA) is 46.2 Å². The van der Waals surface area contributed by atoms with Gasteiger partial charge in [0.2, 0.25) is 0 Å². The number of phenolic OH excluding ortho intramolecular Hbond substituents is 1. The van der Waals surface area contributed by atoms with Gasteiger partial charge < -0.3 is 10.8 Å². The van der Waals surface area contributed by atoms with Crippen molar-refractivity contribution in [3.05, 3.63) is 52.0 Å². The fourth-order valence-corrected chi connectivity index (χ4v) is 2.10. The number of benzene rings is 1. The van der Waals surface area contributed by atoms with Gasteiger partial charge in [-0.05, 0) is 40.6 Å². The number of hydrogen-bond acceptors (Lipinski definition) is 3. The zero-order chi connectivity index (χ0) is 10.8.